The van der Waals surface area contributed by atoms with Gasteiger partial charge in [-0.1, -0.05) is 12.1 Å². The van der Waals surface area contributed by atoms with E-state index in [1.807, 2.05) is 24.6 Å². The van der Waals surface area contributed by atoms with Crippen LogP contribution < -0.4 is 5.32 Å². The van der Waals surface area contributed by atoms with Crippen molar-refractivity contribution in [3.63, 3.8) is 0 Å². The molecule has 1 unspecified atom stereocenters. The number of thioether (sulfide) groups is 2. The number of rotatable bonds is 8. The molecule has 0 aliphatic heterocycles. The number of nitrogens with one attached hydrogen (secondary N) is 1. The van der Waals surface area contributed by atoms with Crippen molar-refractivity contribution in [2.75, 3.05) is 18.3 Å². The Balaban J connectivity index is 2.65. The van der Waals surface area contributed by atoms with E-state index in [4.69, 9.17) is 5.11 Å². The second-order valence-electron chi connectivity index (χ2n) is 4.28. The molecule has 0 saturated carbocycles. The third kappa shape index (κ3) is 5.46. The molecule has 0 aliphatic rings. The van der Waals surface area contributed by atoms with Crippen LogP contribution in [0.15, 0.2) is 24.3 Å². The molecule has 1 rings (SSSR count). The Labute approximate surface area is 127 Å². The summed E-state index contributed by atoms with van der Waals surface area (Å²) in [5, 5.41) is 11.6. The van der Waals surface area contributed by atoms with Crippen LogP contribution in [0.25, 0.3) is 0 Å². The molecule has 1 atom stereocenters. The number of benzene rings is 1. The van der Waals surface area contributed by atoms with Crippen molar-refractivity contribution in [2.24, 2.45) is 0 Å². The van der Waals surface area contributed by atoms with E-state index in [0.717, 1.165) is 11.3 Å². The van der Waals surface area contributed by atoms with Crippen LogP contribution in [-0.4, -0.2) is 41.3 Å². The highest BCUT2D eigenvalue weighted by atomic mass is 32.2. The molecule has 1 amide bonds. The van der Waals surface area contributed by atoms with Crippen LogP contribution in [0.4, 0.5) is 0 Å². The lowest BCUT2D eigenvalue weighted by Crippen LogP contribution is -2.41. The molecule has 0 aromatic heterocycles. The van der Waals surface area contributed by atoms with E-state index in [0.29, 0.717) is 17.7 Å². The maximum Gasteiger partial charge on any atom is 0.326 e. The zero-order valence-electron chi connectivity index (χ0n) is 11.6. The minimum Gasteiger partial charge on any atom is -0.480 e. The lowest BCUT2D eigenvalue weighted by atomic mass is 10.1. The third-order valence-electron chi connectivity index (χ3n) is 2.74. The average molecular weight is 313 g/mol. The monoisotopic (exact) mass is 313 g/mol. The van der Waals surface area contributed by atoms with Crippen molar-refractivity contribution in [3.8, 4) is 0 Å². The molecule has 0 aliphatic carbocycles. The van der Waals surface area contributed by atoms with Crippen LogP contribution in [0.1, 0.15) is 22.3 Å². The highest BCUT2D eigenvalue weighted by Gasteiger charge is 2.19. The smallest absolute Gasteiger partial charge is 0.326 e. The van der Waals surface area contributed by atoms with Gasteiger partial charge in [0.1, 0.15) is 6.04 Å². The van der Waals surface area contributed by atoms with Gasteiger partial charge in [0.15, 0.2) is 0 Å². The molecule has 2 N–H and O–H groups in total. The predicted molar refractivity (Wildman–Crippen MR) is 85.6 cm³/mol. The van der Waals surface area contributed by atoms with E-state index in [-0.39, 0.29) is 5.91 Å². The zero-order chi connectivity index (χ0) is 15.0. The van der Waals surface area contributed by atoms with Crippen LogP contribution in [-0.2, 0) is 10.5 Å². The number of amides is 1. The lowest BCUT2D eigenvalue weighted by molar-refractivity contribution is -0.139. The zero-order valence-corrected chi connectivity index (χ0v) is 13.2. The summed E-state index contributed by atoms with van der Waals surface area (Å²) in [4.78, 5) is 23.1. The Hall–Kier alpha value is -1.14. The van der Waals surface area contributed by atoms with Crippen LogP contribution in [0.3, 0.4) is 0 Å². The average Bonchev–Trinajstić information content (AvgIpc) is 2.44. The van der Waals surface area contributed by atoms with E-state index in [9.17, 15) is 9.59 Å². The fourth-order valence-electron chi connectivity index (χ4n) is 1.65. The number of aliphatic carboxylic acids is 1. The van der Waals surface area contributed by atoms with E-state index < -0.39 is 12.0 Å². The Morgan fingerprint density at radius 2 is 1.85 bits per heavy atom. The van der Waals surface area contributed by atoms with Gasteiger partial charge in [-0.25, -0.2) is 4.79 Å². The van der Waals surface area contributed by atoms with Gasteiger partial charge in [-0.3, -0.25) is 4.79 Å². The van der Waals surface area contributed by atoms with E-state index in [1.165, 1.54) is 0 Å². The van der Waals surface area contributed by atoms with Crippen molar-refractivity contribution in [3.05, 3.63) is 35.4 Å². The first kappa shape index (κ1) is 16.9. The molecular formula is C14H19NO3S2. The molecule has 0 fully saturated rings. The SMILES string of the molecule is CSCCC(NC(=O)c1ccc(CSC)cc1)C(=O)O. The first-order valence-electron chi connectivity index (χ1n) is 6.19. The van der Waals surface area contributed by atoms with Crippen LogP contribution in [0.2, 0.25) is 0 Å². The molecule has 4 nitrogen and oxygen atoms in total. The maximum atomic E-state index is 12.0. The number of hydrogen-bond donors (Lipinski definition) is 2. The van der Waals surface area contributed by atoms with Crippen molar-refractivity contribution in [1.29, 1.82) is 0 Å². The first-order valence-corrected chi connectivity index (χ1v) is 8.97. The van der Waals surface area contributed by atoms with Crippen LogP contribution in [0.5, 0.6) is 0 Å². The Morgan fingerprint density at radius 3 is 2.35 bits per heavy atom. The number of carboxylic acid groups (broad SMARTS) is 1. The molecular weight excluding hydrogens is 294 g/mol. The highest BCUT2D eigenvalue weighted by Crippen LogP contribution is 2.11. The summed E-state index contributed by atoms with van der Waals surface area (Å²) in [5.41, 5.74) is 1.64. The molecule has 1 aromatic rings. The van der Waals surface area contributed by atoms with Gasteiger partial charge in [-0.2, -0.15) is 23.5 Å². The van der Waals surface area contributed by atoms with Gasteiger partial charge in [-0.15, -0.1) is 0 Å². The van der Waals surface area contributed by atoms with Gasteiger partial charge in [0.25, 0.3) is 5.91 Å². The van der Waals surface area contributed by atoms with Gasteiger partial charge in [0.2, 0.25) is 0 Å². The predicted octanol–water partition coefficient (Wildman–Crippen LogP) is 2.49. The van der Waals surface area contributed by atoms with E-state index in [2.05, 4.69) is 5.32 Å². The standard InChI is InChI=1S/C14H19NO3S2/c1-19-8-7-12(14(17)18)15-13(16)11-5-3-10(4-6-11)9-20-2/h3-6,12H,7-9H2,1-2H3,(H,15,16)(H,17,18). The van der Waals surface area contributed by atoms with Gasteiger partial charge in [-0.05, 0) is 42.4 Å². The number of carboxylic acids is 1. The van der Waals surface area contributed by atoms with Crippen LogP contribution >= 0.6 is 23.5 Å². The van der Waals surface area contributed by atoms with Gasteiger partial charge in [0, 0.05) is 11.3 Å². The van der Waals surface area contributed by atoms with E-state index >= 15 is 0 Å². The summed E-state index contributed by atoms with van der Waals surface area (Å²) in [7, 11) is 0. The summed E-state index contributed by atoms with van der Waals surface area (Å²) < 4.78 is 0. The number of hydrogen-bond acceptors (Lipinski definition) is 4. The Bertz CT molecular complexity index is 448. The first-order chi connectivity index (χ1) is 9.58. The fraction of sp³-hybridized carbons (Fsp3) is 0.429. The molecule has 0 spiro atoms. The van der Waals surface area contributed by atoms with Crippen molar-refractivity contribution in [2.45, 2.75) is 18.2 Å². The minimum absolute atomic E-state index is 0.339. The molecule has 110 valence electrons. The maximum absolute atomic E-state index is 12.0. The highest BCUT2D eigenvalue weighted by molar-refractivity contribution is 7.98. The molecule has 0 bridgehead atoms. The normalized spacial score (nSPS) is 11.9. The van der Waals surface area contributed by atoms with Crippen molar-refractivity contribution < 1.29 is 14.7 Å². The molecule has 1 aromatic carbocycles. The number of carbonyl (C=O) groups is 2. The quantitative estimate of drug-likeness (QED) is 0.772. The van der Waals surface area contributed by atoms with Crippen molar-refractivity contribution >= 4 is 35.4 Å². The van der Waals surface area contributed by atoms with Gasteiger partial charge in [0.05, 0.1) is 0 Å². The Morgan fingerprint density at radius 1 is 1.20 bits per heavy atom. The summed E-state index contributed by atoms with van der Waals surface area (Å²) in [6, 6.07) is 6.41. The topological polar surface area (TPSA) is 66.4 Å². The summed E-state index contributed by atoms with van der Waals surface area (Å²) >= 11 is 3.27. The molecule has 20 heavy (non-hydrogen) atoms. The molecule has 0 saturated heterocycles. The lowest BCUT2D eigenvalue weighted by Gasteiger charge is -2.14. The van der Waals surface area contributed by atoms with Gasteiger partial charge < -0.3 is 10.4 Å². The molecule has 0 heterocycles. The van der Waals surface area contributed by atoms with Gasteiger partial charge >= 0.3 is 5.97 Å². The summed E-state index contributed by atoms with van der Waals surface area (Å²) in [5.74, 6) is 0.262. The second-order valence-corrected chi connectivity index (χ2v) is 6.13. The third-order valence-corrected chi connectivity index (χ3v) is 4.01. The van der Waals surface area contributed by atoms with Crippen LogP contribution in [0, 0.1) is 0 Å². The fourth-order valence-corrected chi connectivity index (χ4v) is 2.65. The Kier molecular flexibility index (Phi) is 7.54. The largest absolute Gasteiger partial charge is 0.480 e. The minimum atomic E-state index is -0.994. The molecule has 6 heteroatoms. The second kappa shape index (κ2) is 8.92. The van der Waals surface area contributed by atoms with E-state index in [1.54, 1.807) is 35.7 Å². The van der Waals surface area contributed by atoms with Crippen molar-refractivity contribution in [1.82, 2.24) is 5.32 Å². The summed E-state index contributed by atoms with van der Waals surface area (Å²) in [6.45, 7) is 0. The number of carbonyl (C=O) groups excluding carboxylic acids is 1. The molecule has 0 radical (unpaired) electrons. The summed E-state index contributed by atoms with van der Waals surface area (Å²) in [6.07, 6.45) is 4.35.